The van der Waals surface area contributed by atoms with Crippen molar-refractivity contribution in [2.24, 2.45) is 0 Å². The topological polar surface area (TPSA) is 0 Å². The van der Waals surface area contributed by atoms with Crippen LogP contribution in [0.25, 0.3) is 0 Å². The summed E-state index contributed by atoms with van der Waals surface area (Å²) in [6, 6.07) is 0. The molecule has 0 aliphatic carbocycles. The van der Waals surface area contributed by atoms with Crippen LogP contribution in [0.15, 0.2) is 0 Å². The number of hydrogen-bond donors (Lipinski definition) is 0. The van der Waals surface area contributed by atoms with Crippen LogP contribution < -0.4 is 0 Å². The first-order valence-corrected chi connectivity index (χ1v) is 0. The summed E-state index contributed by atoms with van der Waals surface area (Å²) in [6.45, 7) is 0. The van der Waals surface area contributed by atoms with E-state index in [2.05, 4.69) is 0 Å². The Morgan fingerprint density at radius 3 is 1.00 bits per heavy atom. The van der Waals surface area contributed by atoms with Gasteiger partial charge in [-0.25, -0.2) is 0 Å². The normalized spacial score (nSPS) is 0. The minimum atomic E-state index is 0. The van der Waals surface area contributed by atoms with Gasteiger partial charge in [0.15, 0.2) is 0 Å². The molecule has 4 heavy (non-hydrogen) atoms. The molecule has 0 rings (SSSR count). The van der Waals surface area contributed by atoms with Gasteiger partial charge in [-0.15, -0.1) is 0 Å². The van der Waals surface area contributed by atoms with Crippen LogP contribution in [0.5, 0.6) is 0 Å². The van der Waals surface area contributed by atoms with E-state index in [1.807, 2.05) is 0 Å². The van der Waals surface area contributed by atoms with Gasteiger partial charge in [0, 0.05) is 27.3 Å². The fraction of sp³-hybridized carbons (Fsp3) is 0. The maximum absolute atomic E-state index is 0. The molecule has 22 valence electrons. The molecule has 0 fully saturated rings. The average molecular weight is 516 g/mol. The third-order valence-electron chi connectivity index (χ3n) is 0. The molecular formula is H9CdGeInPb. The zero-order valence-corrected chi connectivity index (χ0v) is 10.9. The fourth-order valence-corrected chi connectivity index (χ4v) is 0. The second-order valence-electron chi connectivity index (χ2n) is 0. The predicted molar refractivity (Wildman–Crippen MR) is 29.8 cm³/mol. The van der Waals surface area contributed by atoms with Crippen LogP contribution >= 0.6 is 0 Å². The quantitative estimate of drug-likeness (QED) is 0.293. The Labute approximate surface area is 95.9 Å². The molecule has 2 radical (unpaired) electrons. The van der Waals surface area contributed by atoms with Crippen LogP contribution in [0.3, 0.4) is 0 Å². The van der Waals surface area contributed by atoms with Gasteiger partial charge in [0.2, 0.25) is 0 Å². The van der Waals surface area contributed by atoms with Crippen molar-refractivity contribution < 1.29 is 27.3 Å². The van der Waals surface area contributed by atoms with Crippen molar-refractivity contribution in [3.63, 3.8) is 0 Å². The van der Waals surface area contributed by atoms with Crippen molar-refractivity contribution in [2.75, 3.05) is 0 Å². The molecule has 0 aromatic rings. The molecule has 0 atom stereocenters. The molecule has 0 aromatic heterocycles. The molecule has 0 aliphatic heterocycles. The standard InChI is InChI=1S/Cd.GeH4.In.Pb.5H/h;1H4;;;;;;;. The summed E-state index contributed by atoms with van der Waals surface area (Å²) in [5, 5.41) is 0. The summed E-state index contributed by atoms with van der Waals surface area (Å²) in [5.41, 5.74) is 0. The van der Waals surface area contributed by atoms with E-state index in [9.17, 15) is 0 Å². The third kappa shape index (κ3) is 8.98. The Hall–Kier alpha value is 3.26. The van der Waals surface area contributed by atoms with Crippen molar-refractivity contribution in [2.45, 2.75) is 0 Å². The molecule has 0 saturated heterocycles. The maximum atomic E-state index is 0. The Bertz CT molecular complexity index is 8.00. The second-order valence-corrected chi connectivity index (χ2v) is 0. The van der Waals surface area contributed by atoms with E-state index in [0.717, 1.165) is 0 Å². The summed E-state index contributed by atoms with van der Waals surface area (Å²) >= 11 is 0. The number of rotatable bonds is 0. The van der Waals surface area contributed by atoms with E-state index in [4.69, 9.17) is 0 Å². The van der Waals surface area contributed by atoms with E-state index in [0.29, 0.717) is 0 Å². The fourth-order valence-electron chi connectivity index (χ4n) is 0. The monoisotopic (exact) mass is 520 g/mol. The summed E-state index contributed by atoms with van der Waals surface area (Å²) in [5.74, 6) is 0. The van der Waals surface area contributed by atoms with E-state index in [-0.39, 0.29) is 98.0 Å². The molecule has 0 spiro atoms. The summed E-state index contributed by atoms with van der Waals surface area (Å²) in [4.78, 5) is 0. The summed E-state index contributed by atoms with van der Waals surface area (Å²) < 4.78 is 0. The van der Waals surface area contributed by atoms with Gasteiger partial charge in [0.1, 0.15) is 0 Å². The van der Waals surface area contributed by atoms with Gasteiger partial charge in [0.05, 0.1) is 0 Å². The molecule has 0 aliphatic rings. The SMILES string of the molecule is [Cd].[GeH4].[InH3].[PbH2]. The van der Waals surface area contributed by atoms with Crippen molar-refractivity contribution in [3.8, 4) is 0 Å². The molecule has 4 heteroatoms. The van der Waals surface area contributed by atoms with Gasteiger partial charge in [-0.3, -0.25) is 0 Å². The van der Waals surface area contributed by atoms with Crippen LogP contribution in [0.4, 0.5) is 0 Å². The predicted octanol–water partition coefficient (Wildman–Crippen LogP) is -3.55. The molecule has 0 aromatic carbocycles. The first-order chi connectivity index (χ1) is 0. The van der Waals surface area contributed by atoms with E-state index >= 15 is 0 Å². The van der Waals surface area contributed by atoms with E-state index < -0.39 is 0 Å². The zero-order valence-electron chi connectivity index (χ0n) is 1.41. The molecule has 0 unspecified atom stereocenters. The number of hydrogen-bond acceptors (Lipinski definition) is 0. The van der Waals surface area contributed by atoms with Crippen LogP contribution in [0.2, 0.25) is 0 Å². The van der Waals surface area contributed by atoms with Crippen LogP contribution in [-0.2, 0) is 27.3 Å². The van der Waals surface area contributed by atoms with Gasteiger partial charge in [-0.2, -0.15) is 0 Å². The summed E-state index contributed by atoms with van der Waals surface area (Å²) in [7, 11) is 0. The van der Waals surface area contributed by atoms with Gasteiger partial charge in [-0.05, 0) is 0 Å². The Kier molecular flexibility index (Phi) is 109. The Balaban J connectivity index is 0. The van der Waals surface area contributed by atoms with Gasteiger partial charge >= 0.3 is 70.7 Å². The molecule has 0 heterocycles. The average Bonchev–Trinajstić information content (AvgIpc) is 0. The molecule has 0 bridgehead atoms. The summed E-state index contributed by atoms with van der Waals surface area (Å²) in [6.07, 6.45) is 0. The molecule has 0 saturated carbocycles. The van der Waals surface area contributed by atoms with Gasteiger partial charge in [0.25, 0.3) is 0 Å². The first kappa shape index (κ1) is 26.8. The van der Waals surface area contributed by atoms with Crippen molar-refractivity contribution in [1.82, 2.24) is 0 Å². The zero-order chi connectivity index (χ0) is 0. The Morgan fingerprint density at radius 1 is 1.00 bits per heavy atom. The van der Waals surface area contributed by atoms with Crippen molar-refractivity contribution in [1.29, 1.82) is 0 Å². The molecule has 0 N–H and O–H groups in total. The van der Waals surface area contributed by atoms with Crippen molar-refractivity contribution >= 4 is 70.7 Å². The van der Waals surface area contributed by atoms with E-state index in [1.165, 1.54) is 0 Å². The van der Waals surface area contributed by atoms with Crippen LogP contribution in [0, 0.1) is 0 Å². The Morgan fingerprint density at radius 2 is 1.00 bits per heavy atom. The third-order valence-corrected chi connectivity index (χ3v) is 0. The minimum absolute atomic E-state index is 0. The first-order valence-electron chi connectivity index (χ1n) is 0. The van der Waals surface area contributed by atoms with Crippen LogP contribution in [0.1, 0.15) is 0 Å². The second kappa shape index (κ2) is 16.3. The van der Waals surface area contributed by atoms with Crippen molar-refractivity contribution in [3.05, 3.63) is 0 Å². The molecule has 0 nitrogen and oxygen atoms in total. The van der Waals surface area contributed by atoms with Gasteiger partial charge in [-0.1, -0.05) is 0 Å². The molecule has 0 amide bonds. The van der Waals surface area contributed by atoms with Crippen LogP contribution in [-0.4, -0.2) is 70.7 Å². The molecular weight excluding hydrogens is 507 g/mol. The van der Waals surface area contributed by atoms with E-state index in [1.54, 1.807) is 0 Å². The van der Waals surface area contributed by atoms with Gasteiger partial charge < -0.3 is 0 Å².